The van der Waals surface area contributed by atoms with Crippen LogP contribution in [0.3, 0.4) is 0 Å². The molecule has 7 heteroatoms. The highest BCUT2D eigenvalue weighted by atomic mass is 16.5. The molecule has 0 saturated heterocycles. The van der Waals surface area contributed by atoms with Crippen molar-refractivity contribution in [3.63, 3.8) is 0 Å². The Bertz CT molecular complexity index is 619. The number of rotatable bonds is 5. The molecule has 104 valence electrons. The third-order valence-electron chi connectivity index (χ3n) is 2.59. The van der Waals surface area contributed by atoms with Crippen LogP contribution in [0.15, 0.2) is 28.8 Å². The van der Waals surface area contributed by atoms with Gasteiger partial charge in [0.25, 0.3) is 5.91 Å². The van der Waals surface area contributed by atoms with E-state index < -0.39 is 5.97 Å². The number of aryl methyl sites for hydroxylation is 1. The molecule has 20 heavy (non-hydrogen) atoms. The van der Waals surface area contributed by atoms with E-state index in [1.54, 1.807) is 6.92 Å². The number of hydrogen-bond donors (Lipinski definition) is 2. The number of aromatic nitrogens is 2. The van der Waals surface area contributed by atoms with Crippen molar-refractivity contribution in [1.29, 1.82) is 0 Å². The zero-order valence-electron chi connectivity index (χ0n) is 10.8. The van der Waals surface area contributed by atoms with Crippen LogP contribution >= 0.6 is 0 Å². The summed E-state index contributed by atoms with van der Waals surface area (Å²) in [5.41, 5.74) is 0.541. The van der Waals surface area contributed by atoms with Crippen LogP contribution in [0, 0.1) is 6.92 Å². The summed E-state index contributed by atoms with van der Waals surface area (Å²) < 4.78 is 4.92. The number of amides is 1. The van der Waals surface area contributed by atoms with Crippen molar-refractivity contribution in [3.8, 4) is 0 Å². The van der Waals surface area contributed by atoms with E-state index in [-0.39, 0.29) is 11.5 Å². The van der Waals surface area contributed by atoms with Gasteiger partial charge in [-0.1, -0.05) is 5.16 Å². The van der Waals surface area contributed by atoms with Gasteiger partial charge in [-0.05, 0) is 31.2 Å². The zero-order chi connectivity index (χ0) is 14.5. The summed E-state index contributed by atoms with van der Waals surface area (Å²) in [6.45, 7) is 2.08. The Morgan fingerprint density at radius 2 is 1.90 bits per heavy atom. The predicted molar refractivity (Wildman–Crippen MR) is 68.5 cm³/mol. The van der Waals surface area contributed by atoms with Crippen LogP contribution in [0.1, 0.15) is 32.4 Å². The average molecular weight is 275 g/mol. The van der Waals surface area contributed by atoms with Crippen molar-refractivity contribution in [2.75, 3.05) is 6.54 Å². The molecule has 1 aromatic heterocycles. The van der Waals surface area contributed by atoms with Gasteiger partial charge >= 0.3 is 5.97 Å². The minimum Gasteiger partial charge on any atom is -0.478 e. The molecule has 0 bridgehead atoms. The molecule has 0 unspecified atom stereocenters. The van der Waals surface area contributed by atoms with Crippen LogP contribution < -0.4 is 5.32 Å². The van der Waals surface area contributed by atoms with Crippen LogP contribution in [0.25, 0.3) is 0 Å². The lowest BCUT2D eigenvalue weighted by Crippen LogP contribution is -2.25. The highest BCUT2D eigenvalue weighted by Crippen LogP contribution is 2.04. The Labute approximate surface area is 114 Å². The third kappa shape index (κ3) is 3.41. The Morgan fingerprint density at radius 3 is 2.45 bits per heavy atom. The Morgan fingerprint density at radius 1 is 1.25 bits per heavy atom. The molecule has 2 N–H and O–H groups in total. The number of nitrogens with zero attached hydrogens (tertiary/aromatic N) is 2. The highest BCUT2D eigenvalue weighted by molar-refractivity contribution is 5.95. The van der Waals surface area contributed by atoms with Gasteiger partial charge in [-0.25, -0.2) is 4.79 Å². The fourth-order valence-electron chi connectivity index (χ4n) is 1.59. The fraction of sp³-hybridized carbons (Fsp3) is 0.231. The van der Waals surface area contributed by atoms with Gasteiger partial charge in [0.2, 0.25) is 5.89 Å². The van der Waals surface area contributed by atoms with Crippen LogP contribution in [-0.2, 0) is 6.42 Å². The monoisotopic (exact) mass is 275 g/mol. The van der Waals surface area contributed by atoms with Crippen molar-refractivity contribution >= 4 is 11.9 Å². The summed E-state index contributed by atoms with van der Waals surface area (Å²) >= 11 is 0. The largest absolute Gasteiger partial charge is 0.478 e. The Kier molecular flexibility index (Phi) is 4.09. The molecule has 1 amide bonds. The second-order valence-electron chi connectivity index (χ2n) is 4.12. The van der Waals surface area contributed by atoms with E-state index >= 15 is 0 Å². The standard InChI is InChI=1S/C13H13N3O4/c1-8-15-11(20-16-8)6-7-14-12(17)9-2-4-10(5-3-9)13(18)19/h2-5H,6-7H2,1H3,(H,14,17)(H,18,19). The SMILES string of the molecule is Cc1noc(CCNC(=O)c2ccc(C(=O)O)cc2)n1. The van der Waals surface area contributed by atoms with Crippen molar-refractivity contribution in [1.82, 2.24) is 15.5 Å². The lowest BCUT2D eigenvalue weighted by molar-refractivity contribution is 0.0696. The first-order chi connectivity index (χ1) is 9.56. The molecule has 0 aliphatic heterocycles. The molecule has 0 spiro atoms. The van der Waals surface area contributed by atoms with Crippen LogP contribution in [0.5, 0.6) is 0 Å². The van der Waals surface area contributed by atoms with Gasteiger partial charge in [-0.15, -0.1) is 0 Å². The first-order valence-electron chi connectivity index (χ1n) is 5.97. The molecule has 0 radical (unpaired) electrons. The second-order valence-corrected chi connectivity index (χ2v) is 4.12. The van der Waals surface area contributed by atoms with Crippen molar-refractivity contribution < 1.29 is 19.2 Å². The minimum atomic E-state index is -1.02. The second kappa shape index (κ2) is 5.96. The van der Waals surface area contributed by atoms with E-state index in [0.717, 1.165) is 0 Å². The Hall–Kier alpha value is -2.70. The van der Waals surface area contributed by atoms with E-state index in [4.69, 9.17) is 9.63 Å². The normalized spacial score (nSPS) is 10.2. The lowest BCUT2D eigenvalue weighted by Gasteiger charge is -2.03. The number of aromatic carboxylic acids is 1. The lowest BCUT2D eigenvalue weighted by atomic mass is 10.1. The molecule has 1 aromatic carbocycles. The highest BCUT2D eigenvalue weighted by Gasteiger charge is 2.08. The van der Waals surface area contributed by atoms with Gasteiger partial charge in [0, 0.05) is 18.5 Å². The molecule has 2 rings (SSSR count). The quantitative estimate of drug-likeness (QED) is 0.844. The maximum absolute atomic E-state index is 11.8. The molecule has 2 aromatic rings. The number of carbonyl (C=O) groups excluding carboxylic acids is 1. The summed E-state index contributed by atoms with van der Waals surface area (Å²) in [6.07, 6.45) is 0.444. The third-order valence-corrected chi connectivity index (χ3v) is 2.59. The van der Waals surface area contributed by atoms with E-state index in [1.165, 1.54) is 24.3 Å². The summed E-state index contributed by atoms with van der Waals surface area (Å²) in [5, 5.41) is 15.1. The van der Waals surface area contributed by atoms with E-state index in [2.05, 4.69) is 15.5 Å². The average Bonchev–Trinajstić information content (AvgIpc) is 2.84. The molecule has 0 saturated carbocycles. The van der Waals surface area contributed by atoms with Crippen molar-refractivity contribution in [2.45, 2.75) is 13.3 Å². The molecule has 7 nitrogen and oxygen atoms in total. The van der Waals surface area contributed by atoms with Crippen LogP contribution in [-0.4, -0.2) is 33.7 Å². The number of carboxylic acid groups (broad SMARTS) is 1. The molecule has 0 fully saturated rings. The molecular weight excluding hydrogens is 262 g/mol. The van der Waals surface area contributed by atoms with Gasteiger partial charge in [0.05, 0.1) is 5.56 Å². The predicted octanol–water partition coefficient (Wildman–Crippen LogP) is 1.05. The van der Waals surface area contributed by atoms with E-state index in [1.807, 2.05) is 0 Å². The van der Waals surface area contributed by atoms with Gasteiger partial charge in [-0.3, -0.25) is 4.79 Å². The summed E-state index contributed by atoms with van der Waals surface area (Å²) in [5.74, 6) is -0.290. The maximum Gasteiger partial charge on any atom is 0.335 e. The van der Waals surface area contributed by atoms with Gasteiger partial charge < -0.3 is 14.9 Å². The first-order valence-corrected chi connectivity index (χ1v) is 5.97. The topological polar surface area (TPSA) is 105 Å². The number of hydrogen-bond acceptors (Lipinski definition) is 5. The first kappa shape index (κ1) is 13.7. The van der Waals surface area contributed by atoms with Crippen molar-refractivity contribution in [2.24, 2.45) is 0 Å². The van der Waals surface area contributed by atoms with E-state index in [0.29, 0.717) is 30.2 Å². The molecule has 0 aliphatic carbocycles. The summed E-state index contributed by atoms with van der Waals surface area (Å²) in [4.78, 5) is 26.5. The number of benzene rings is 1. The minimum absolute atomic E-state index is 0.142. The van der Waals surface area contributed by atoms with Crippen molar-refractivity contribution in [3.05, 3.63) is 47.1 Å². The molecule has 0 aliphatic rings. The number of carboxylic acids is 1. The summed E-state index contributed by atoms with van der Waals surface area (Å²) in [6, 6.07) is 5.71. The maximum atomic E-state index is 11.8. The van der Waals surface area contributed by atoms with E-state index in [9.17, 15) is 9.59 Å². The summed E-state index contributed by atoms with van der Waals surface area (Å²) in [7, 11) is 0. The van der Waals surface area contributed by atoms with Crippen LogP contribution in [0.2, 0.25) is 0 Å². The molecule has 1 heterocycles. The number of nitrogens with one attached hydrogen (secondary N) is 1. The van der Waals surface area contributed by atoms with Gasteiger partial charge in [0.1, 0.15) is 0 Å². The zero-order valence-corrected chi connectivity index (χ0v) is 10.8. The smallest absolute Gasteiger partial charge is 0.335 e. The molecule has 0 atom stereocenters. The Balaban J connectivity index is 1.86. The van der Waals surface area contributed by atoms with Crippen LogP contribution in [0.4, 0.5) is 0 Å². The fourth-order valence-corrected chi connectivity index (χ4v) is 1.59. The number of carbonyl (C=O) groups is 2. The molecular formula is C13H13N3O4. The van der Waals surface area contributed by atoms with Gasteiger partial charge in [-0.2, -0.15) is 4.98 Å². The van der Waals surface area contributed by atoms with Gasteiger partial charge in [0.15, 0.2) is 5.82 Å².